The molecule has 2 aliphatic carbocycles. The molecule has 0 aromatic heterocycles. The first-order valence-electron chi connectivity index (χ1n) is 6.75. The second kappa shape index (κ2) is 5.99. The molecule has 0 amide bonds. The molecule has 0 radical (unpaired) electrons. The van der Waals surface area contributed by atoms with E-state index in [1.54, 1.807) is 7.11 Å². The molecule has 1 N–H and O–H groups in total. The first kappa shape index (κ1) is 12.3. The summed E-state index contributed by atoms with van der Waals surface area (Å²) in [7, 11) is 3.91. The van der Waals surface area contributed by atoms with Crippen molar-refractivity contribution in [1.29, 1.82) is 0 Å². The van der Waals surface area contributed by atoms with Crippen LogP contribution in [0.1, 0.15) is 32.1 Å². The standard InChI is InChI=1S/C13H26N2O/c1-14-13-5-3-4-11(13)10-15(8-9-16-2)12-6-7-12/h11-14H,3-10H2,1-2H3. The highest BCUT2D eigenvalue weighted by Crippen LogP contribution is 2.31. The lowest BCUT2D eigenvalue weighted by Crippen LogP contribution is -2.40. The Kier molecular flexibility index (Phi) is 4.62. The van der Waals surface area contributed by atoms with Crippen LogP contribution in [-0.2, 0) is 4.74 Å². The average molecular weight is 226 g/mol. The summed E-state index contributed by atoms with van der Waals surface area (Å²) in [4.78, 5) is 2.66. The van der Waals surface area contributed by atoms with E-state index in [-0.39, 0.29) is 0 Å². The molecule has 0 bridgehead atoms. The largest absolute Gasteiger partial charge is 0.383 e. The van der Waals surface area contributed by atoms with E-state index in [4.69, 9.17) is 4.74 Å². The molecule has 0 aliphatic heterocycles. The van der Waals surface area contributed by atoms with Crippen molar-refractivity contribution in [3.63, 3.8) is 0 Å². The molecular formula is C13H26N2O. The first-order chi connectivity index (χ1) is 7.85. The Morgan fingerprint density at radius 2 is 2.06 bits per heavy atom. The van der Waals surface area contributed by atoms with Crippen LogP contribution in [0.3, 0.4) is 0 Å². The van der Waals surface area contributed by atoms with Crippen molar-refractivity contribution >= 4 is 0 Å². The maximum Gasteiger partial charge on any atom is 0.0589 e. The molecule has 0 aromatic carbocycles. The molecule has 2 unspecified atom stereocenters. The quantitative estimate of drug-likeness (QED) is 0.712. The molecule has 0 heterocycles. The molecule has 3 nitrogen and oxygen atoms in total. The highest BCUT2D eigenvalue weighted by molar-refractivity contribution is 4.90. The Morgan fingerprint density at radius 1 is 1.25 bits per heavy atom. The zero-order valence-electron chi connectivity index (χ0n) is 10.7. The normalized spacial score (nSPS) is 30.2. The van der Waals surface area contributed by atoms with Crippen LogP contribution in [0.4, 0.5) is 0 Å². The topological polar surface area (TPSA) is 24.5 Å². The van der Waals surface area contributed by atoms with Crippen molar-refractivity contribution < 1.29 is 4.74 Å². The van der Waals surface area contributed by atoms with Crippen LogP contribution in [-0.4, -0.2) is 50.8 Å². The first-order valence-corrected chi connectivity index (χ1v) is 6.75. The maximum atomic E-state index is 5.21. The Labute approximate surface area is 99.5 Å². The van der Waals surface area contributed by atoms with Gasteiger partial charge in [-0.1, -0.05) is 6.42 Å². The van der Waals surface area contributed by atoms with Gasteiger partial charge in [0.15, 0.2) is 0 Å². The van der Waals surface area contributed by atoms with E-state index in [9.17, 15) is 0 Å². The molecule has 2 aliphatic rings. The molecule has 2 fully saturated rings. The number of methoxy groups -OCH3 is 1. The average Bonchev–Trinajstić information content (AvgIpc) is 3.05. The molecule has 2 atom stereocenters. The number of nitrogens with zero attached hydrogens (tertiary/aromatic N) is 1. The monoisotopic (exact) mass is 226 g/mol. The summed E-state index contributed by atoms with van der Waals surface area (Å²) in [6, 6.07) is 1.62. The lowest BCUT2D eigenvalue weighted by molar-refractivity contribution is 0.128. The molecular weight excluding hydrogens is 200 g/mol. The molecule has 3 heteroatoms. The third-order valence-corrected chi connectivity index (χ3v) is 4.14. The highest BCUT2D eigenvalue weighted by atomic mass is 16.5. The van der Waals surface area contributed by atoms with Crippen LogP contribution in [0, 0.1) is 5.92 Å². The summed E-state index contributed by atoms with van der Waals surface area (Å²) in [6.45, 7) is 3.28. The predicted molar refractivity (Wildman–Crippen MR) is 66.7 cm³/mol. The molecule has 0 saturated heterocycles. The summed E-state index contributed by atoms with van der Waals surface area (Å²) >= 11 is 0. The van der Waals surface area contributed by atoms with E-state index >= 15 is 0 Å². The summed E-state index contributed by atoms with van der Waals surface area (Å²) < 4.78 is 5.21. The fourth-order valence-electron chi connectivity index (χ4n) is 3.01. The predicted octanol–water partition coefficient (Wildman–Crippen LogP) is 1.49. The maximum absolute atomic E-state index is 5.21. The minimum Gasteiger partial charge on any atom is -0.383 e. The van der Waals surface area contributed by atoms with E-state index < -0.39 is 0 Å². The summed E-state index contributed by atoms with van der Waals surface area (Å²) in [6.07, 6.45) is 6.98. The van der Waals surface area contributed by atoms with Gasteiger partial charge in [0.1, 0.15) is 0 Å². The van der Waals surface area contributed by atoms with Crippen LogP contribution in [0.2, 0.25) is 0 Å². The third kappa shape index (κ3) is 3.19. The molecule has 94 valence electrons. The number of nitrogens with one attached hydrogen (secondary N) is 1. The van der Waals surface area contributed by atoms with E-state index in [2.05, 4.69) is 17.3 Å². The van der Waals surface area contributed by atoms with E-state index in [0.29, 0.717) is 0 Å². The van der Waals surface area contributed by atoms with Gasteiger partial charge in [0, 0.05) is 32.3 Å². The summed E-state index contributed by atoms with van der Waals surface area (Å²) in [5, 5.41) is 3.48. The van der Waals surface area contributed by atoms with Crippen molar-refractivity contribution in [3.05, 3.63) is 0 Å². The Balaban J connectivity index is 1.79. The molecule has 2 saturated carbocycles. The van der Waals surface area contributed by atoms with Crippen LogP contribution >= 0.6 is 0 Å². The van der Waals surface area contributed by atoms with Gasteiger partial charge in [0.2, 0.25) is 0 Å². The molecule has 0 spiro atoms. The van der Waals surface area contributed by atoms with Crippen molar-refractivity contribution in [3.8, 4) is 0 Å². The molecule has 2 rings (SSSR count). The minimum atomic E-state index is 0.754. The number of hydrogen-bond donors (Lipinski definition) is 1. The van der Waals surface area contributed by atoms with Gasteiger partial charge in [-0.15, -0.1) is 0 Å². The third-order valence-electron chi connectivity index (χ3n) is 4.14. The summed E-state index contributed by atoms with van der Waals surface area (Å²) in [5.74, 6) is 0.863. The highest BCUT2D eigenvalue weighted by Gasteiger charge is 2.33. The van der Waals surface area contributed by atoms with Gasteiger partial charge in [-0.05, 0) is 38.6 Å². The van der Waals surface area contributed by atoms with Crippen LogP contribution in [0.5, 0.6) is 0 Å². The van der Waals surface area contributed by atoms with Crippen molar-refractivity contribution in [1.82, 2.24) is 10.2 Å². The SMILES string of the molecule is CNC1CCCC1CN(CCOC)C1CC1. The molecule has 16 heavy (non-hydrogen) atoms. The van der Waals surface area contributed by atoms with Gasteiger partial charge in [0.05, 0.1) is 6.61 Å². The Morgan fingerprint density at radius 3 is 2.69 bits per heavy atom. The lowest BCUT2D eigenvalue weighted by atomic mass is 10.0. The van der Waals surface area contributed by atoms with Crippen LogP contribution in [0.15, 0.2) is 0 Å². The van der Waals surface area contributed by atoms with E-state index in [1.165, 1.54) is 38.6 Å². The minimum absolute atomic E-state index is 0.754. The van der Waals surface area contributed by atoms with Gasteiger partial charge in [-0.3, -0.25) is 4.90 Å². The van der Waals surface area contributed by atoms with Crippen molar-refractivity contribution in [2.75, 3.05) is 33.9 Å². The second-order valence-corrected chi connectivity index (χ2v) is 5.31. The van der Waals surface area contributed by atoms with Gasteiger partial charge >= 0.3 is 0 Å². The smallest absolute Gasteiger partial charge is 0.0589 e. The number of rotatable bonds is 7. The van der Waals surface area contributed by atoms with E-state index in [1.807, 2.05) is 0 Å². The van der Waals surface area contributed by atoms with Gasteiger partial charge in [-0.25, -0.2) is 0 Å². The second-order valence-electron chi connectivity index (χ2n) is 5.31. The Hall–Kier alpha value is -0.120. The zero-order chi connectivity index (χ0) is 11.4. The van der Waals surface area contributed by atoms with E-state index in [0.717, 1.165) is 31.2 Å². The number of ether oxygens (including phenoxy) is 1. The lowest BCUT2D eigenvalue weighted by Gasteiger charge is -2.28. The van der Waals surface area contributed by atoms with Crippen LogP contribution in [0.25, 0.3) is 0 Å². The fourth-order valence-corrected chi connectivity index (χ4v) is 3.01. The Bertz CT molecular complexity index is 206. The zero-order valence-corrected chi connectivity index (χ0v) is 10.7. The molecule has 0 aromatic rings. The van der Waals surface area contributed by atoms with Gasteiger partial charge in [-0.2, -0.15) is 0 Å². The van der Waals surface area contributed by atoms with Crippen molar-refractivity contribution in [2.24, 2.45) is 5.92 Å². The van der Waals surface area contributed by atoms with Crippen molar-refractivity contribution in [2.45, 2.75) is 44.2 Å². The van der Waals surface area contributed by atoms with Crippen LogP contribution < -0.4 is 5.32 Å². The fraction of sp³-hybridized carbons (Fsp3) is 1.00. The summed E-state index contributed by atoms with van der Waals surface area (Å²) in [5.41, 5.74) is 0. The van der Waals surface area contributed by atoms with Gasteiger partial charge in [0.25, 0.3) is 0 Å². The number of hydrogen-bond acceptors (Lipinski definition) is 3. The van der Waals surface area contributed by atoms with Gasteiger partial charge < -0.3 is 10.1 Å².